The second-order valence-corrected chi connectivity index (χ2v) is 6.19. The maximum absolute atomic E-state index is 12.6. The van der Waals surface area contributed by atoms with Crippen LogP contribution in [-0.2, 0) is 0 Å². The van der Waals surface area contributed by atoms with Crippen molar-refractivity contribution in [1.82, 2.24) is 15.2 Å². The lowest BCUT2D eigenvalue weighted by atomic mass is 10.2. The van der Waals surface area contributed by atoms with Gasteiger partial charge < -0.3 is 15.4 Å². The van der Waals surface area contributed by atoms with Crippen molar-refractivity contribution in [2.45, 2.75) is 6.92 Å². The van der Waals surface area contributed by atoms with Crippen molar-refractivity contribution < 1.29 is 9.53 Å². The lowest BCUT2D eigenvalue weighted by Gasteiger charge is -2.11. The van der Waals surface area contributed by atoms with Crippen molar-refractivity contribution in [3.8, 4) is 5.75 Å². The fourth-order valence-electron chi connectivity index (χ4n) is 2.90. The van der Waals surface area contributed by atoms with E-state index in [9.17, 15) is 4.79 Å². The molecule has 7 nitrogen and oxygen atoms in total. The van der Waals surface area contributed by atoms with E-state index in [-0.39, 0.29) is 11.6 Å². The third-order valence-corrected chi connectivity index (χ3v) is 4.23. The minimum absolute atomic E-state index is 0.210. The zero-order valence-corrected chi connectivity index (χ0v) is 15.8. The van der Waals surface area contributed by atoms with E-state index < -0.39 is 0 Å². The van der Waals surface area contributed by atoms with Crippen LogP contribution >= 0.6 is 0 Å². The minimum atomic E-state index is -0.350. The Morgan fingerprint density at radius 2 is 1.76 bits per heavy atom. The van der Waals surface area contributed by atoms with Gasteiger partial charge in [0.25, 0.3) is 5.91 Å². The van der Waals surface area contributed by atoms with Gasteiger partial charge in [-0.1, -0.05) is 30.3 Å². The Bertz CT molecular complexity index is 1140. The summed E-state index contributed by atoms with van der Waals surface area (Å²) >= 11 is 0. The second kappa shape index (κ2) is 8.35. The van der Waals surface area contributed by atoms with Crippen molar-refractivity contribution in [2.75, 3.05) is 17.2 Å². The van der Waals surface area contributed by atoms with E-state index in [1.807, 2.05) is 55.5 Å². The summed E-state index contributed by atoms with van der Waals surface area (Å²) < 4.78 is 5.59. The monoisotopic (exact) mass is 385 g/mol. The summed E-state index contributed by atoms with van der Waals surface area (Å²) in [4.78, 5) is 16.9. The molecule has 4 rings (SSSR count). The Morgan fingerprint density at radius 1 is 0.931 bits per heavy atom. The zero-order valence-electron chi connectivity index (χ0n) is 15.8. The maximum Gasteiger partial charge on any atom is 0.276 e. The Kier molecular flexibility index (Phi) is 5.29. The molecule has 0 fully saturated rings. The molecule has 0 spiro atoms. The average molecular weight is 385 g/mol. The Hall–Kier alpha value is -4.00. The molecular formula is C22H19N5O2. The highest BCUT2D eigenvalue weighted by Crippen LogP contribution is 2.26. The normalized spacial score (nSPS) is 10.5. The van der Waals surface area contributed by atoms with Gasteiger partial charge in [-0.05, 0) is 43.3 Å². The van der Waals surface area contributed by atoms with E-state index >= 15 is 0 Å². The topological polar surface area (TPSA) is 89.0 Å². The van der Waals surface area contributed by atoms with Crippen LogP contribution in [0.15, 0.2) is 72.9 Å². The molecule has 0 atom stereocenters. The molecule has 0 unspecified atom stereocenters. The Balaban J connectivity index is 1.50. The lowest BCUT2D eigenvalue weighted by molar-refractivity contribution is 0.102. The number of nitrogens with one attached hydrogen (secondary N) is 2. The first-order valence-electron chi connectivity index (χ1n) is 9.22. The molecule has 0 bridgehead atoms. The van der Waals surface area contributed by atoms with Crippen molar-refractivity contribution in [2.24, 2.45) is 0 Å². The molecule has 2 N–H and O–H groups in total. The molecule has 0 saturated heterocycles. The van der Waals surface area contributed by atoms with E-state index in [1.165, 1.54) is 0 Å². The summed E-state index contributed by atoms with van der Waals surface area (Å²) in [5.74, 6) is 0.888. The first-order chi connectivity index (χ1) is 14.2. The van der Waals surface area contributed by atoms with Gasteiger partial charge in [-0.25, -0.2) is 0 Å². The Morgan fingerprint density at radius 3 is 2.59 bits per heavy atom. The molecule has 0 saturated carbocycles. The molecule has 0 aliphatic rings. The number of carbonyl (C=O) groups excluding carboxylic acids is 1. The first-order valence-corrected chi connectivity index (χ1v) is 9.22. The third kappa shape index (κ3) is 4.14. The lowest BCUT2D eigenvalue weighted by Crippen LogP contribution is -2.15. The number of carbonyl (C=O) groups is 1. The number of para-hydroxylation sites is 3. The maximum atomic E-state index is 12.6. The average Bonchev–Trinajstić information content (AvgIpc) is 2.76. The van der Waals surface area contributed by atoms with Crippen LogP contribution in [0.5, 0.6) is 5.75 Å². The van der Waals surface area contributed by atoms with Gasteiger partial charge in [0.05, 0.1) is 23.5 Å². The number of rotatable bonds is 6. The number of pyridine rings is 1. The molecule has 0 radical (unpaired) electrons. The number of fused-ring (bicyclic) bond motifs is 1. The highest BCUT2D eigenvalue weighted by molar-refractivity contribution is 6.07. The number of aromatic nitrogens is 3. The van der Waals surface area contributed by atoms with Crippen LogP contribution in [0.2, 0.25) is 0 Å². The standard InChI is InChI=1S/C22H19N5O2/c1-2-29-19-11-4-3-9-16(19)24-20-13-12-18(26-27-20)22(28)25-17-10-5-7-15-8-6-14-23-21(15)17/h3-14H,2H2,1H3,(H,24,27)(H,25,28). The van der Waals surface area contributed by atoms with Gasteiger partial charge >= 0.3 is 0 Å². The van der Waals surface area contributed by atoms with Crippen LogP contribution in [0.25, 0.3) is 10.9 Å². The molecule has 4 aromatic rings. The largest absolute Gasteiger partial charge is 0.492 e. The first kappa shape index (κ1) is 18.4. The van der Waals surface area contributed by atoms with Crippen LogP contribution in [0.1, 0.15) is 17.4 Å². The number of anilines is 3. The number of nitrogens with zero attached hydrogens (tertiary/aromatic N) is 3. The van der Waals surface area contributed by atoms with Crippen LogP contribution in [0.3, 0.4) is 0 Å². The molecule has 144 valence electrons. The molecular weight excluding hydrogens is 366 g/mol. The van der Waals surface area contributed by atoms with Crippen LogP contribution in [0, 0.1) is 0 Å². The number of hydrogen-bond acceptors (Lipinski definition) is 6. The molecule has 2 heterocycles. The summed E-state index contributed by atoms with van der Waals surface area (Å²) in [7, 11) is 0. The summed E-state index contributed by atoms with van der Waals surface area (Å²) in [5.41, 5.74) is 2.34. The number of amides is 1. The second-order valence-electron chi connectivity index (χ2n) is 6.19. The number of ether oxygens (including phenoxy) is 1. The number of hydrogen-bond donors (Lipinski definition) is 2. The van der Waals surface area contributed by atoms with Crippen LogP contribution in [-0.4, -0.2) is 27.7 Å². The molecule has 2 aromatic heterocycles. The summed E-state index contributed by atoms with van der Waals surface area (Å²) in [5, 5.41) is 15.1. The molecule has 0 aliphatic heterocycles. The molecule has 7 heteroatoms. The van der Waals surface area contributed by atoms with Gasteiger partial charge in [0.15, 0.2) is 11.5 Å². The van der Waals surface area contributed by atoms with Crippen molar-refractivity contribution in [1.29, 1.82) is 0 Å². The van der Waals surface area contributed by atoms with Crippen molar-refractivity contribution in [3.63, 3.8) is 0 Å². The highest BCUT2D eigenvalue weighted by Gasteiger charge is 2.12. The fourth-order valence-corrected chi connectivity index (χ4v) is 2.90. The quantitative estimate of drug-likeness (QED) is 0.511. The SMILES string of the molecule is CCOc1ccccc1Nc1ccc(C(=O)Nc2cccc3cccnc23)nn1. The third-order valence-electron chi connectivity index (χ3n) is 4.23. The van der Waals surface area contributed by atoms with Gasteiger partial charge in [-0.15, -0.1) is 10.2 Å². The fraction of sp³-hybridized carbons (Fsp3) is 0.0909. The van der Waals surface area contributed by atoms with E-state index in [1.54, 1.807) is 24.4 Å². The summed E-state index contributed by atoms with van der Waals surface area (Å²) in [6.07, 6.45) is 1.69. The van der Waals surface area contributed by atoms with Crippen LogP contribution in [0.4, 0.5) is 17.2 Å². The Labute approximate surface area is 167 Å². The van der Waals surface area contributed by atoms with Crippen molar-refractivity contribution >= 4 is 34.0 Å². The van der Waals surface area contributed by atoms with E-state index in [2.05, 4.69) is 25.8 Å². The number of benzene rings is 2. The van der Waals surface area contributed by atoms with E-state index in [0.717, 1.165) is 22.3 Å². The molecule has 0 aliphatic carbocycles. The van der Waals surface area contributed by atoms with Gasteiger partial charge in [-0.3, -0.25) is 9.78 Å². The van der Waals surface area contributed by atoms with Gasteiger partial charge in [0.1, 0.15) is 5.75 Å². The minimum Gasteiger partial charge on any atom is -0.492 e. The predicted molar refractivity (Wildman–Crippen MR) is 113 cm³/mol. The van der Waals surface area contributed by atoms with E-state index in [4.69, 9.17) is 4.74 Å². The highest BCUT2D eigenvalue weighted by atomic mass is 16.5. The molecule has 2 aromatic carbocycles. The summed E-state index contributed by atoms with van der Waals surface area (Å²) in [6, 6.07) is 20.3. The summed E-state index contributed by atoms with van der Waals surface area (Å²) in [6.45, 7) is 2.49. The zero-order chi connectivity index (χ0) is 20.1. The van der Waals surface area contributed by atoms with Gasteiger partial charge in [0, 0.05) is 11.6 Å². The van der Waals surface area contributed by atoms with E-state index in [0.29, 0.717) is 18.1 Å². The van der Waals surface area contributed by atoms with Crippen molar-refractivity contribution in [3.05, 3.63) is 78.6 Å². The van der Waals surface area contributed by atoms with Gasteiger partial charge in [0.2, 0.25) is 0 Å². The molecule has 29 heavy (non-hydrogen) atoms. The smallest absolute Gasteiger partial charge is 0.276 e. The van der Waals surface area contributed by atoms with Gasteiger partial charge in [-0.2, -0.15) is 0 Å². The van der Waals surface area contributed by atoms with Crippen LogP contribution < -0.4 is 15.4 Å². The molecule has 1 amide bonds. The predicted octanol–water partition coefficient (Wildman–Crippen LogP) is 4.42.